The molecule has 1 N–H and O–H groups in total. The molecule has 1 fully saturated rings. The molecular formula is C17H33NO2. The van der Waals surface area contributed by atoms with Crippen molar-refractivity contribution in [2.24, 2.45) is 11.3 Å². The molecule has 0 bridgehead atoms. The van der Waals surface area contributed by atoms with Crippen molar-refractivity contribution in [3.05, 3.63) is 0 Å². The zero-order chi connectivity index (χ0) is 15.2. The van der Waals surface area contributed by atoms with Gasteiger partial charge in [-0.15, -0.1) is 0 Å². The van der Waals surface area contributed by atoms with E-state index in [2.05, 4.69) is 18.7 Å². The summed E-state index contributed by atoms with van der Waals surface area (Å²) in [6, 6.07) is 0.616. The van der Waals surface area contributed by atoms with Gasteiger partial charge in [0.2, 0.25) is 0 Å². The third kappa shape index (κ3) is 4.47. The maximum absolute atomic E-state index is 11.7. The summed E-state index contributed by atoms with van der Waals surface area (Å²) in [5.41, 5.74) is -0.556. The maximum atomic E-state index is 11.7. The van der Waals surface area contributed by atoms with Crippen LogP contribution in [-0.4, -0.2) is 35.1 Å². The molecule has 3 nitrogen and oxygen atoms in total. The van der Waals surface area contributed by atoms with Gasteiger partial charge in [-0.25, -0.2) is 0 Å². The van der Waals surface area contributed by atoms with Gasteiger partial charge in [-0.1, -0.05) is 40.5 Å². The van der Waals surface area contributed by atoms with Gasteiger partial charge in [0.05, 0.1) is 5.41 Å². The molecule has 0 aromatic carbocycles. The van der Waals surface area contributed by atoms with E-state index in [1.807, 2.05) is 13.8 Å². The SMILES string of the molecule is CCC(CC)(CN(CCC(C)C)C1CCCC1)C(=O)O. The Kier molecular flexibility index (Phi) is 7.01. The van der Waals surface area contributed by atoms with Crippen molar-refractivity contribution in [2.45, 2.75) is 78.7 Å². The van der Waals surface area contributed by atoms with Crippen LogP contribution in [0, 0.1) is 11.3 Å². The fourth-order valence-corrected chi connectivity index (χ4v) is 3.32. The summed E-state index contributed by atoms with van der Waals surface area (Å²) in [5.74, 6) is 0.0661. The fourth-order valence-electron chi connectivity index (χ4n) is 3.32. The predicted molar refractivity (Wildman–Crippen MR) is 83.9 cm³/mol. The van der Waals surface area contributed by atoms with Crippen molar-refractivity contribution in [1.29, 1.82) is 0 Å². The van der Waals surface area contributed by atoms with E-state index in [4.69, 9.17) is 0 Å². The largest absolute Gasteiger partial charge is 0.481 e. The first-order valence-corrected chi connectivity index (χ1v) is 8.42. The average molecular weight is 283 g/mol. The van der Waals surface area contributed by atoms with Crippen LogP contribution in [0.25, 0.3) is 0 Å². The molecule has 1 saturated carbocycles. The minimum Gasteiger partial charge on any atom is -0.481 e. The third-order valence-corrected chi connectivity index (χ3v) is 5.15. The highest BCUT2D eigenvalue weighted by Crippen LogP contribution is 2.32. The van der Waals surface area contributed by atoms with Gasteiger partial charge in [0.1, 0.15) is 0 Å². The zero-order valence-electron chi connectivity index (χ0n) is 13.8. The molecule has 0 spiro atoms. The van der Waals surface area contributed by atoms with Crippen LogP contribution in [0.2, 0.25) is 0 Å². The molecule has 0 atom stereocenters. The lowest BCUT2D eigenvalue weighted by Gasteiger charge is -2.37. The van der Waals surface area contributed by atoms with Crippen molar-refractivity contribution in [3.8, 4) is 0 Å². The van der Waals surface area contributed by atoms with Gasteiger partial charge in [-0.3, -0.25) is 9.69 Å². The van der Waals surface area contributed by atoms with Crippen LogP contribution in [0.15, 0.2) is 0 Å². The topological polar surface area (TPSA) is 40.5 Å². The number of hydrogen-bond acceptors (Lipinski definition) is 2. The van der Waals surface area contributed by atoms with Crippen LogP contribution in [0.4, 0.5) is 0 Å². The van der Waals surface area contributed by atoms with Crippen LogP contribution >= 0.6 is 0 Å². The quantitative estimate of drug-likeness (QED) is 0.690. The molecule has 0 aromatic rings. The van der Waals surface area contributed by atoms with Crippen molar-refractivity contribution in [3.63, 3.8) is 0 Å². The Morgan fingerprint density at radius 2 is 1.80 bits per heavy atom. The lowest BCUT2D eigenvalue weighted by atomic mass is 9.81. The summed E-state index contributed by atoms with van der Waals surface area (Å²) in [5, 5.41) is 9.67. The van der Waals surface area contributed by atoms with Crippen molar-refractivity contribution < 1.29 is 9.90 Å². The van der Waals surface area contributed by atoms with Gasteiger partial charge in [0.25, 0.3) is 0 Å². The van der Waals surface area contributed by atoms with Crippen LogP contribution in [0.5, 0.6) is 0 Å². The highest BCUT2D eigenvalue weighted by molar-refractivity contribution is 5.74. The predicted octanol–water partition coefficient (Wildman–Crippen LogP) is 4.17. The Balaban J connectivity index is 2.77. The normalized spacial score (nSPS) is 17.3. The number of nitrogens with zero attached hydrogens (tertiary/aromatic N) is 1. The van der Waals surface area contributed by atoms with E-state index in [1.54, 1.807) is 0 Å². The summed E-state index contributed by atoms with van der Waals surface area (Å²) in [7, 11) is 0. The molecule has 0 aliphatic heterocycles. The van der Waals surface area contributed by atoms with Gasteiger partial charge in [-0.05, 0) is 44.6 Å². The van der Waals surface area contributed by atoms with Gasteiger partial charge >= 0.3 is 5.97 Å². The van der Waals surface area contributed by atoms with Crippen molar-refractivity contribution in [1.82, 2.24) is 4.90 Å². The van der Waals surface area contributed by atoms with Gasteiger partial charge in [-0.2, -0.15) is 0 Å². The summed E-state index contributed by atoms with van der Waals surface area (Å²) in [4.78, 5) is 14.2. The van der Waals surface area contributed by atoms with E-state index in [0.717, 1.165) is 25.9 Å². The molecule has 3 heteroatoms. The first-order chi connectivity index (χ1) is 9.45. The second-order valence-electron chi connectivity index (χ2n) is 6.88. The van der Waals surface area contributed by atoms with E-state index >= 15 is 0 Å². The molecule has 118 valence electrons. The van der Waals surface area contributed by atoms with Gasteiger partial charge in [0.15, 0.2) is 0 Å². The van der Waals surface area contributed by atoms with E-state index in [-0.39, 0.29) is 0 Å². The molecule has 0 amide bonds. The Labute approximate surface area is 124 Å². The molecule has 1 aliphatic carbocycles. The number of carboxylic acids is 1. The third-order valence-electron chi connectivity index (χ3n) is 5.15. The minimum atomic E-state index is -0.616. The average Bonchev–Trinajstić information content (AvgIpc) is 2.93. The van der Waals surface area contributed by atoms with Crippen LogP contribution in [0.1, 0.15) is 72.6 Å². The Morgan fingerprint density at radius 3 is 2.20 bits per heavy atom. The first-order valence-electron chi connectivity index (χ1n) is 8.42. The number of carbonyl (C=O) groups is 1. The summed E-state index contributed by atoms with van der Waals surface area (Å²) >= 11 is 0. The number of rotatable bonds is 9. The van der Waals surface area contributed by atoms with E-state index in [0.29, 0.717) is 12.0 Å². The van der Waals surface area contributed by atoms with Crippen LogP contribution in [-0.2, 0) is 4.79 Å². The molecule has 0 saturated heterocycles. The molecule has 0 unspecified atom stereocenters. The molecule has 20 heavy (non-hydrogen) atoms. The van der Waals surface area contributed by atoms with Gasteiger partial charge < -0.3 is 5.11 Å². The Bertz CT molecular complexity index is 291. The molecule has 0 heterocycles. The van der Waals surface area contributed by atoms with Crippen molar-refractivity contribution in [2.75, 3.05) is 13.1 Å². The number of carboxylic acid groups (broad SMARTS) is 1. The highest BCUT2D eigenvalue weighted by atomic mass is 16.4. The van der Waals surface area contributed by atoms with Crippen LogP contribution in [0.3, 0.4) is 0 Å². The Hall–Kier alpha value is -0.570. The van der Waals surface area contributed by atoms with E-state index < -0.39 is 11.4 Å². The molecule has 0 aromatic heterocycles. The minimum absolute atomic E-state index is 0.556. The summed E-state index contributed by atoms with van der Waals surface area (Å²) < 4.78 is 0. The second kappa shape index (κ2) is 8.02. The summed E-state index contributed by atoms with van der Waals surface area (Å²) in [6.45, 7) is 10.3. The fraction of sp³-hybridized carbons (Fsp3) is 0.941. The molecule has 1 rings (SSSR count). The number of aliphatic carboxylic acids is 1. The van der Waals surface area contributed by atoms with Gasteiger partial charge in [0, 0.05) is 12.6 Å². The molecule has 1 aliphatic rings. The smallest absolute Gasteiger partial charge is 0.310 e. The first kappa shape index (κ1) is 17.5. The van der Waals surface area contributed by atoms with Crippen LogP contribution < -0.4 is 0 Å². The van der Waals surface area contributed by atoms with E-state index in [1.165, 1.54) is 32.1 Å². The van der Waals surface area contributed by atoms with E-state index in [9.17, 15) is 9.90 Å². The summed E-state index contributed by atoms with van der Waals surface area (Å²) in [6.07, 6.45) is 7.73. The highest BCUT2D eigenvalue weighted by Gasteiger charge is 2.38. The lowest BCUT2D eigenvalue weighted by Crippen LogP contribution is -2.46. The molecular weight excluding hydrogens is 250 g/mol. The zero-order valence-corrected chi connectivity index (χ0v) is 13.8. The molecule has 0 radical (unpaired) electrons. The van der Waals surface area contributed by atoms with Crippen molar-refractivity contribution >= 4 is 5.97 Å². The Morgan fingerprint density at radius 1 is 1.25 bits per heavy atom. The second-order valence-corrected chi connectivity index (χ2v) is 6.88. The number of hydrogen-bond donors (Lipinski definition) is 1. The standard InChI is InChI=1S/C17H33NO2/c1-5-17(6-2,16(19)20)13-18(12-11-14(3)4)15-9-7-8-10-15/h14-15H,5-13H2,1-4H3,(H,19,20). The maximum Gasteiger partial charge on any atom is 0.310 e. The monoisotopic (exact) mass is 283 g/mol. The lowest BCUT2D eigenvalue weighted by molar-refractivity contribution is -0.151.